The molecular formula is C14H20N2O3. The van der Waals surface area contributed by atoms with Crippen LogP contribution < -0.4 is 0 Å². The molecule has 104 valence electrons. The third-order valence-electron chi connectivity index (χ3n) is 3.44. The van der Waals surface area contributed by atoms with Gasteiger partial charge in [0.1, 0.15) is 6.61 Å². The molecule has 1 aliphatic heterocycles. The number of rotatable bonds is 6. The van der Waals surface area contributed by atoms with E-state index in [1.54, 1.807) is 0 Å². The van der Waals surface area contributed by atoms with Crippen molar-refractivity contribution in [2.24, 2.45) is 0 Å². The first-order valence-electron chi connectivity index (χ1n) is 6.68. The zero-order valence-corrected chi connectivity index (χ0v) is 11.0. The molecule has 1 fully saturated rings. The third kappa shape index (κ3) is 4.96. The number of piperidine rings is 1. The lowest BCUT2D eigenvalue weighted by Crippen LogP contribution is -2.38. The Kier molecular flexibility index (Phi) is 5.30. The van der Waals surface area contributed by atoms with Crippen molar-refractivity contribution in [2.45, 2.75) is 25.4 Å². The minimum absolute atomic E-state index is 0.105. The highest BCUT2D eigenvalue weighted by Gasteiger charge is 2.19. The molecular weight excluding hydrogens is 244 g/mol. The van der Waals surface area contributed by atoms with Gasteiger partial charge in [-0.15, -0.1) is 0 Å². The van der Waals surface area contributed by atoms with Gasteiger partial charge in [0, 0.05) is 32.0 Å². The molecule has 2 heterocycles. The quantitative estimate of drug-likeness (QED) is 0.836. The van der Waals surface area contributed by atoms with Crippen molar-refractivity contribution in [1.29, 1.82) is 0 Å². The van der Waals surface area contributed by atoms with Crippen LogP contribution in [0.1, 0.15) is 18.4 Å². The van der Waals surface area contributed by atoms with E-state index in [0.717, 1.165) is 38.9 Å². The average molecular weight is 264 g/mol. The minimum Gasteiger partial charge on any atom is -0.480 e. The molecule has 1 aromatic rings. The maximum absolute atomic E-state index is 10.4. The van der Waals surface area contributed by atoms with E-state index in [1.165, 1.54) is 5.56 Å². The highest BCUT2D eigenvalue weighted by molar-refractivity contribution is 5.68. The first-order chi connectivity index (χ1) is 9.24. The molecule has 1 saturated heterocycles. The lowest BCUT2D eigenvalue weighted by Gasteiger charge is -2.31. The first-order valence-corrected chi connectivity index (χ1v) is 6.68. The fraction of sp³-hybridized carbons (Fsp3) is 0.571. The second kappa shape index (κ2) is 7.21. The molecule has 0 bridgehead atoms. The summed E-state index contributed by atoms with van der Waals surface area (Å²) in [5.74, 6) is -0.889. The van der Waals surface area contributed by atoms with Crippen LogP contribution in [0, 0.1) is 0 Å². The molecule has 0 amide bonds. The number of carboxylic acids is 1. The number of nitrogens with zero attached hydrogens (tertiary/aromatic N) is 2. The third-order valence-corrected chi connectivity index (χ3v) is 3.44. The van der Waals surface area contributed by atoms with Crippen molar-refractivity contribution in [3.05, 3.63) is 30.1 Å². The molecule has 0 aliphatic carbocycles. The second-order valence-electron chi connectivity index (χ2n) is 4.85. The molecule has 5 heteroatoms. The maximum atomic E-state index is 10.4. The van der Waals surface area contributed by atoms with Crippen LogP contribution in [-0.2, 0) is 16.0 Å². The standard InChI is InChI=1S/C14H20N2O3/c17-14(18)11-19-13-4-9-16(10-5-13)8-3-12-1-6-15-7-2-12/h1-2,6-7,13H,3-5,8-11H2,(H,17,18). The van der Waals surface area contributed by atoms with Gasteiger partial charge in [0.2, 0.25) is 0 Å². The van der Waals surface area contributed by atoms with E-state index in [4.69, 9.17) is 9.84 Å². The topological polar surface area (TPSA) is 62.7 Å². The smallest absolute Gasteiger partial charge is 0.329 e. The summed E-state index contributed by atoms with van der Waals surface area (Å²) in [6, 6.07) is 4.09. The van der Waals surface area contributed by atoms with Gasteiger partial charge in [-0.25, -0.2) is 4.79 Å². The largest absolute Gasteiger partial charge is 0.480 e. The average Bonchev–Trinajstić information content (AvgIpc) is 2.45. The number of pyridine rings is 1. The molecule has 0 atom stereocenters. The molecule has 2 rings (SSSR count). The molecule has 0 radical (unpaired) electrons. The summed E-state index contributed by atoms with van der Waals surface area (Å²) < 4.78 is 5.32. The lowest BCUT2D eigenvalue weighted by molar-refractivity contribution is -0.145. The minimum atomic E-state index is -0.889. The Morgan fingerprint density at radius 1 is 1.37 bits per heavy atom. The predicted molar refractivity (Wildman–Crippen MR) is 71.0 cm³/mol. The number of carboxylic acid groups (broad SMARTS) is 1. The molecule has 5 nitrogen and oxygen atoms in total. The van der Waals surface area contributed by atoms with E-state index in [0.29, 0.717) is 0 Å². The Bertz CT molecular complexity index is 389. The fourth-order valence-electron chi connectivity index (χ4n) is 2.33. The highest BCUT2D eigenvalue weighted by atomic mass is 16.5. The van der Waals surface area contributed by atoms with Crippen LogP contribution in [-0.4, -0.2) is 53.3 Å². The summed E-state index contributed by atoms with van der Waals surface area (Å²) in [6.07, 6.45) is 6.62. The van der Waals surface area contributed by atoms with Crippen molar-refractivity contribution in [1.82, 2.24) is 9.88 Å². The number of carbonyl (C=O) groups is 1. The van der Waals surface area contributed by atoms with Crippen molar-refractivity contribution in [2.75, 3.05) is 26.2 Å². The Balaban J connectivity index is 1.65. The number of aliphatic carboxylic acids is 1. The Morgan fingerprint density at radius 3 is 2.68 bits per heavy atom. The first kappa shape index (κ1) is 14.0. The summed E-state index contributed by atoms with van der Waals surface area (Å²) >= 11 is 0. The summed E-state index contributed by atoms with van der Waals surface area (Å²) in [6.45, 7) is 2.82. The molecule has 0 aromatic carbocycles. The van der Waals surface area contributed by atoms with Crippen LogP contribution in [0.3, 0.4) is 0 Å². The number of ether oxygens (including phenoxy) is 1. The summed E-state index contributed by atoms with van der Waals surface area (Å²) in [5.41, 5.74) is 1.30. The van der Waals surface area contributed by atoms with E-state index in [2.05, 4.69) is 9.88 Å². The number of hydrogen-bond donors (Lipinski definition) is 1. The number of likely N-dealkylation sites (tertiary alicyclic amines) is 1. The van der Waals surface area contributed by atoms with Crippen LogP contribution in [0.2, 0.25) is 0 Å². The second-order valence-corrected chi connectivity index (χ2v) is 4.85. The van der Waals surface area contributed by atoms with Gasteiger partial charge in [-0.2, -0.15) is 0 Å². The van der Waals surface area contributed by atoms with Gasteiger partial charge >= 0.3 is 5.97 Å². The number of hydrogen-bond acceptors (Lipinski definition) is 4. The van der Waals surface area contributed by atoms with Gasteiger partial charge in [0.25, 0.3) is 0 Å². The molecule has 1 aliphatic rings. The number of aromatic nitrogens is 1. The van der Waals surface area contributed by atoms with Gasteiger partial charge in [-0.3, -0.25) is 4.98 Å². The SMILES string of the molecule is O=C(O)COC1CCN(CCc2ccncc2)CC1. The zero-order chi connectivity index (χ0) is 13.5. The van der Waals surface area contributed by atoms with E-state index in [-0.39, 0.29) is 12.7 Å². The predicted octanol–water partition coefficient (Wildman–Crippen LogP) is 1.19. The molecule has 1 aromatic heterocycles. The fourth-order valence-corrected chi connectivity index (χ4v) is 2.33. The maximum Gasteiger partial charge on any atom is 0.329 e. The van der Waals surface area contributed by atoms with Crippen molar-refractivity contribution >= 4 is 5.97 Å². The van der Waals surface area contributed by atoms with Crippen LogP contribution in [0.15, 0.2) is 24.5 Å². The summed E-state index contributed by atoms with van der Waals surface area (Å²) in [5, 5.41) is 8.57. The van der Waals surface area contributed by atoms with Crippen LogP contribution in [0.4, 0.5) is 0 Å². The molecule has 0 spiro atoms. The van der Waals surface area contributed by atoms with Gasteiger partial charge in [0.15, 0.2) is 0 Å². The normalized spacial score (nSPS) is 17.5. The van der Waals surface area contributed by atoms with Crippen LogP contribution >= 0.6 is 0 Å². The van der Waals surface area contributed by atoms with Gasteiger partial charge in [-0.1, -0.05) is 0 Å². The van der Waals surface area contributed by atoms with Gasteiger partial charge in [0.05, 0.1) is 6.10 Å². The van der Waals surface area contributed by atoms with E-state index < -0.39 is 5.97 Å². The van der Waals surface area contributed by atoms with E-state index in [1.807, 2.05) is 24.5 Å². The Morgan fingerprint density at radius 2 is 2.05 bits per heavy atom. The monoisotopic (exact) mass is 264 g/mol. The summed E-state index contributed by atoms with van der Waals surface area (Å²) in [4.78, 5) is 16.8. The van der Waals surface area contributed by atoms with Crippen LogP contribution in [0.5, 0.6) is 0 Å². The van der Waals surface area contributed by atoms with E-state index in [9.17, 15) is 4.79 Å². The van der Waals surface area contributed by atoms with Crippen molar-refractivity contribution < 1.29 is 14.6 Å². The Hall–Kier alpha value is -1.46. The summed E-state index contributed by atoms with van der Waals surface area (Å²) in [7, 11) is 0. The Labute approximate surface area is 113 Å². The van der Waals surface area contributed by atoms with Gasteiger partial charge < -0.3 is 14.7 Å². The van der Waals surface area contributed by atoms with E-state index >= 15 is 0 Å². The molecule has 19 heavy (non-hydrogen) atoms. The lowest BCUT2D eigenvalue weighted by atomic mass is 10.1. The van der Waals surface area contributed by atoms with Crippen molar-refractivity contribution in [3.63, 3.8) is 0 Å². The van der Waals surface area contributed by atoms with Gasteiger partial charge in [-0.05, 0) is 37.0 Å². The van der Waals surface area contributed by atoms with Crippen LogP contribution in [0.25, 0.3) is 0 Å². The zero-order valence-electron chi connectivity index (χ0n) is 11.0. The molecule has 0 saturated carbocycles. The molecule has 1 N–H and O–H groups in total. The molecule has 0 unspecified atom stereocenters. The van der Waals surface area contributed by atoms with Crippen molar-refractivity contribution in [3.8, 4) is 0 Å². The highest BCUT2D eigenvalue weighted by Crippen LogP contribution is 2.14.